The minimum atomic E-state index is -0.754. The molecule has 0 aliphatic carbocycles. The average molecular weight is 1030 g/mol. The summed E-state index contributed by atoms with van der Waals surface area (Å²) in [5.41, 5.74) is 7.44. The highest BCUT2D eigenvalue weighted by Crippen LogP contribution is 2.38. The Morgan fingerprint density at radius 3 is 2.48 bits per heavy atom. The van der Waals surface area contributed by atoms with Crippen LogP contribution in [0.2, 0.25) is 0 Å². The van der Waals surface area contributed by atoms with E-state index in [0.29, 0.717) is 66.0 Å². The van der Waals surface area contributed by atoms with Crippen molar-refractivity contribution in [1.82, 2.24) is 30.0 Å². The second-order valence-electron chi connectivity index (χ2n) is 21.4. The maximum absolute atomic E-state index is 14.1. The van der Waals surface area contributed by atoms with Crippen LogP contribution in [0.4, 0.5) is 16.6 Å². The van der Waals surface area contributed by atoms with E-state index in [1.165, 1.54) is 11.3 Å². The van der Waals surface area contributed by atoms with Gasteiger partial charge in [-0.05, 0) is 162 Å². The van der Waals surface area contributed by atoms with Crippen molar-refractivity contribution in [2.24, 2.45) is 12.5 Å². The number of piperidine rings is 2. The van der Waals surface area contributed by atoms with Crippen molar-refractivity contribution in [1.29, 1.82) is 0 Å². The summed E-state index contributed by atoms with van der Waals surface area (Å²) in [5, 5.41) is 14.5. The molecule has 7 aromatic rings. The molecule has 10 rings (SSSR count). The number of hydrogen-bond acceptors (Lipinski definition) is 13. The van der Waals surface area contributed by atoms with Crippen molar-refractivity contribution < 1.29 is 33.4 Å². The molecule has 3 aliphatic rings. The standard InChI is InChI=1S/C58H63N9O7S/c1-35-38(39-20-22-48(61-52(39)55(72)74-57(2,3)4)67-28-24-36-12-9-14-40(43(36)33-67)53(70)63-56-60-44-15-7-8-17-47(44)75-56)13-10-16-46(35)73-31-11-25-58(5)26-29-66(30-27-58)34-50(69)59-37-18-19-41-45(32-37)65(6)64-51(41)42-21-23-49(68)62-54(42)71/h7-10,12-20,22,32,42H,11,21,23-31,33-34H2,1-6H3,(H,59,69)(H,60,63,70)(H,62,68,71). The minimum absolute atomic E-state index is 0.0895. The van der Waals surface area contributed by atoms with Crippen molar-refractivity contribution in [3.8, 4) is 16.9 Å². The van der Waals surface area contributed by atoms with Gasteiger partial charge in [-0.25, -0.2) is 14.8 Å². The first-order chi connectivity index (χ1) is 36.0. The number of benzene rings is 4. The number of aromatic nitrogens is 4. The normalized spacial score (nSPS) is 16.9. The summed E-state index contributed by atoms with van der Waals surface area (Å²) < 4.78 is 15.2. The molecule has 3 aromatic heterocycles. The van der Waals surface area contributed by atoms with Crippen LogP contribution in [-0.2, 0) is 39.1 Å². The molecule has 4 aromatic carbocycles. The number of nitrogens with one attached hydrogen (secondary N) is 3. The molecule has 0 saturated carbocycles. The summed E-state index contributed by atoms with van der Waals surface area (Å²) in [6, 6.07) is 29.0. The Bertz CT molecular complexity index is 3340. The van der Waals surface area contributed by atoms with E-state index in [1.807, 2.05) is 120 Å². The summed E-state index contributed by atoms with van der Waals surface area (Å²) in [6.45, 7) is 13.4. The van der Waals surface area contributed by atoms with E-state index >= 15 is 0 Å². The van der Waals surface area contributed by atoms with Crippen molar-refractivity contribution in [3.63, 3.8) is 0 Å². The zero-order chi connectivity index (χ0) is 52.6. The Kier molecular flexibility index (Phi) is 14.3. The van der Waals surface area contributed by atoms with Crippen LogP contribution in [0.5, 0.6) is 5.75 Å². The number of nitrogens with zero attached hydrogens (tertiary/aromatic N) is 6. The molecule has 0 bridgehead atoms. The summed E-state index contributed by atoms with van der Waals surface area (Å²) in [7, 11) is 1.81. The van der Waals surface area contributed by atoms with Crippen LogP contribution in [0.25, 0.3) is 32.2 Å². The number of aryl methyl sites for hydroxylation is 1. The molecular formula is C58H63N9O7S. The Morgan fingerprint density at radius 2 is 1.69 bits per heavy atom. The van der Waals surface area contributed by atoms with Gasteiger partial charge in [0.05, 0.1) is 40.5 Å². The van der Waals surface area contributed by atoms with Gasteiger partial charge in [-0.15, -0.1) is 0 Å². The van der Waals surface area contributed by atoms with Crippen LogP contribution in [0, 0.1) is 12.3 Å². The van der Waals surface area contributed by atoms with Gasteiger partial charge in [0.1, 0.15) is 17.2 Å². The van der Waals surface area contributed by atoms with Gasteiger partial charge >= 0.3 is 5.97 Å². The third-order valence-electron chi connectivity index (χ3n) is 14.7. The molecule has 6 heterocycles. The first-order valence-corrected chi connectivity index (χ1v) is 26.6. The third-order valence-corrected chi connectivity index (χ3v) is 15.7. The highest BCUT2D eigenvalue weighted by atomic mass is 32.1. The van der Waals surface area contributed by atoms with E-state index in [1.54, 1.807) is 4.68 Å². The van der Waals surface area contributed by atoms with Gasteiger partial charge in [-0.1, -0.05) is 54.7 Å². The lowest BCUT2D eigenvalue weighted by molar-refractivity contribution is -0.134. The summed E-state index contributed by atoms with van der Waals surface area (Å²) in [4.78, 5) is 79.4. The predicted octanol–water partition coefficient (Wildman–Crippen LogP) is 9.74. The number of carbonyl (C=O) groups is 5. The number of ether oxygens (including phenoxy) is 2. The Labute approximate surface area is 440 Å². The van der Waals surface area contributed by atoms with Crippen molar-refractivity contribution in [3.05, 3.63) is 125 Å². The van der Waals surface area contributed by atoms with E-state index < -0.39 is 17.5 Å². The number of likely N-dealkylation sites (tertiary alicyclic amines) is 1. The van der Waals surface area contributed by atoms with Gasteiger partial charge in [0.25, 0.3) is 5.91 Å². The molecule has 75 heavy (non-hydrogen) atoms. The first kappa shape index (κ1) is 51.0. The fraction of sp³-hybridized carbons (Fsp3) is 0.379. The van der Waals surface area contributed by atoms with E-state index in [4.69, 9.17) is 14.5 Å². The molecule has 0 radical (unpaired) electrons. The zero-order valence-electron chi connectivity index (χ0n) is 43.4. The number of para-hydroxylation sites is 1. The second-order valence-corrected chi connectivity index (χ2v) is 22.4. The number of rotatable bonds is 14. The second kappa shape index (κ2) is 21.0. The molecule has 1 atom stereocenters. The van der Waals surface area contributed by atoms with Gasteiger partial charge in [0, 0.05) is 48.8 Å². The number of pyridine rings is 1. The fourth-order valence-corrected chi connectivity index (χ4v) is 11.5. The lowest BCUT2D eigenvalue weighted by Gasteiger charge is -2.39. The number of amides is 4. The number of fused-ring (bicyclic) bond motifs is 3. The minimum Gasteiger partial charge on any atom is -0.493 e. The number of hydrogen-bond donors (Lipinski definition) is 3. The molecule has 1 unspecified atom stereocenters. The van der Waals surface area contributed by atoms with Gasteiger partial charge in [0.15, 0.2) is 10.8 Å². The molecule has 2 fully saturated rings. The van der Waals surface area contributed by atoms with Crippen molar-refractivity contribution in [2.45, 2.75) is 97.6 Å². The maximum Gasteiger partial charge on any atom is 0.358 e. The van der Waals surface area contributed by atoms with Crippen molar-refractivity contribution >= 4 is 78.7 Å². The van der Waals surface area contributed by atoms with E-state index in [-0.39, 0.29) is 47.7 Å². The van der Waals surface area contributed by atoms with Crippen LogP contribution in [0.3, 0.4) is 0 Å². The summed E-state index contributed by atoms with van der Waals surface area (Å²) in [5.74, 6) is -0.571. The summed E-state index contributed by atoms with van der Waals surface area (Å²) >= 11 is 1.44. The molecule has 2 saturated heterocycles. The lowest BCUT2D eigenvalue weighted by atomic mass is 9.77. The Balaban J connectivity index is 0.751. The van der Waals surface area contributed by atoms with E-state index in [9.17, 15) is 24.0 Å². The molecule has 3 N–H and O–H groups in total. The smallest absolute Gasteiger partial charge is 0.358 e. The lowest BCUT2D eigenvalue weighted by Crippen LogP contribution is -2.42. The number of carbonyl (C=O) groups excluding carboxylic acids is 5. The Morgan fingerprint density at radius 1 is 0.893 bits per heavy atom. The number of thiazole rings is 1. The fourth-order valence-electron chi connectivity index (χ4n) is 10.6. The molecule has 3 aliphatic heterocycles. The van der Waals surface area contributed by atoms with Gasteiger partial charge in [-0.3, -0.25) is 39.4 Å². The third kappa shape index (κ3) is 11.3. The summed E-state index contributed by atoms with van der Waals surface area (Å²) in [6.07, 6.45) is 5.14. The molecule has 0 spiro atoms. The molecule has 16 nitrogen and oxygen atoms in total. The van der Waals surface area contributed by atoms with Gasteiger partial charge in [0.2, 0.25) is 17.7 Å². The van der Waals surface area contributed by atoms with Crippen LogP contribution >= 0.6 is 11.3 Å². The highest BCUT2D eigenvalue weighted by Gasteiger charge is 2.34. The van der Waals surface area contributed by atoms with E-state index in [2.05, 4.69) is 48.8 Å². The van der Waals surface area contributed by atoms with Gasteiger partial charge < -0.3 is 19.7 Å². The maximum atomic E-state index is 14.1. The monoisotopic (exact) mass is 1030 g/mol. The molecular weight excluding hydrogens is 967 g/mol. The highest BCUT2D eigenvalue weighted by molar-refractivity contribution is 7.22. The van der Waals surface area contributed by atoms with Crippen molar-refractivity contribution in [2.75, 3.05) is 48.3 Å². The van der Waals surface area contributed by atoms with Crippen LogP contribution in [0.1, 0.15) is 115 Å². The number of anilines is 3. The largest absolute Gasteiger partial charge is 0.493 e. The zero-order valence-corrected chi connectivity index (χ0v) is 44.2. The average Bonchev–Trinajstić information content (AvgIpc) is 3.95. The number of imide groups is 1. The van der Waals surface area contributed by atoms with Crippen LogP contribution < -0.4 is 25.6 Å². The van der Waals surface area contributed by atoms with Gasteiger partial charge in [-0.2, -0.15) is 5.10 Å². The molecule has 4 amide bonds. The Hall–Kier alpha value is -7.50. The quantitative estimate of drug-likeness (QED) is 0.0532. The SMILES string of the molecule is Cc1c(OCCCC2(C)CCN(CC(=O)Nc3ccc4c(C5CCC(=O)NC5=O)nn(C)c4c3)CC2)cccc1-c1ccc(N2CCc3cccc(C(=O)Nc4nc5ccccc5s4)c3C2)nc1C(=O)OC(C)(C)C. The predicted molar refractivity (Wildman–Crippen MR) is 291 cm³/mol. The van der Waals surface area contributed by atoms with Crippen LogP contribution in [0.15, 0.2) is 91.0 Å². The first-order valence-electron chi connectivity index (χ1n) is 25.8. The number of esters is 1. The molecule has 388 valence electrons. The van der Waals surface area contributed by atoms with Crippen LogP contribution in [-0.4, -0.2) is 92.6 Å². The topological polar surface area (TPSA) is 190 Å². The molecule has 17 heteroatoms. The van der Waals surface area contributed by atoms with E-state index in [0.717, 1.165) is 87.9 Å².